The number of benzene rings is 2. The number of aromatic nitrogens is 3. The summed E-state index contributed by atoms with van der Waals surface area (Å²) in [7, 11) is 0. The molecule has 2 aromatic heterocycles. The van der Waals surface area contributed by atoms with E-state index in [9.17, 15) is 9.59 Å². The van der Waals surface area contributed by atoms with E-state index in [2.05, 4.69) is 31.3 Å². The van der Waals surface area contributed by atoms with Crippen molar-refractivity contribution in [2.45, 2.75) is 47.1 Å². The molecule has 1 N–H and O–H groups in total. The highest BCUT2D eigenvalue weighted by molar-refractivity contribution is 5.92. The molecule has 0 spiro atoms. The molecule has 6 nitrogen and oxygen atoms in total. The summed E-state index contributed by atoms with van der Waals surface area (Å²) < 4.78 is 3.27. The van der Waals surface area contributed by atoms with Crippen molar-refractivity contribution in [3.8, 4) is 5.69 Å². The predicted octanol–water partition coefficient (Wildman–Crippen LogP) is 4.57. The number of hydrogen-bond acceptors (Lipinski definition) is 3. The maximum absolute atomic E-state index is 13.0. The van der Waals surface area contributed by atoms with Gasteiger partial charge < -0.3 is 5.32 Å². The molecule has 0 bridgehead atoms. The first-order valence-electron chi connectivity index (χ1n) is 11.0. The van der Waals surface area contributed by atoms with Crippen molar-refractivity contribution >= 4 is 22.6 Å². The van der Waals surface area contributed by atoms with Gasteiger partial charge in [-0.15, -0.1) is 0 Å². The van der Waals surface area contributed by atoms with Crippen molar-refractivity contribution in [1.82, 2.24) is 14.3 Å². The van der Waals surface area contributed by atoms with Crippen LogP contribution in [0.1, 0.15) is 36.2 Å². The van der Waals surface area contributed by atoms with E-state index in [0.29, 0.717) is 11.3 Å². The lowest BCUT2D eigenvalue weighted by Crippen LogP contribution is -2.29. The van der Waals surface area contributed by atoms with Gasteiger partial charge in [0, 0.05) is 17.1 Å². The van der Waals surface area contributed by atoms with Crippen LogP contribution in [0.3, 0.4) is 0 Å². The maximum atomic E-state index is 13.0. The van der Waals surface area contributed by atoms with Gasteiger partial charge in [-0.1, -0.05) is 38.1 Å². The number of pyridine rings is 1. The van der Waals surface area contributed by atoms with Crippen molar-refractivity contribution in [3.05, 3.63) is 87.3 Å². The Bertz CT molecular complexity index is 1330. The SMILES string of the molecule is CCc1ccc(NC(=O)Cn2c(=O)cc(C)c3c(C)nn(-c4ccc(CC)cc4)c32)cc1. The summed E-state index contributed by atoms with van der Waals surface area (Å²) in [4.78, 5) is 25.8. The van der Waals surface area contributed by atoms with Crippen LogP contribution in [0.2, 0.25) is 0 Å². The van der Waals surface area contributed by atoms with Crippen LogP contribution in [0.5, 0.6) is 0 Å². The van der Waals surface area contributed by atoms with Crippen LogP contribution in [0, 0.1) is 13.8 Å². The summed E-state index contributed by atoms with van der Waals surface area (Å²) in [5.74, 6) is -0.256. The van der Waals surface area contributed by atoms with Gasteiger partial charge in [0.2, 0.25) is 5.91 Å². The number of nitrogens with zero attached hydrogens (tertiary/aromatic N) is 3. The van der Waals surface area contributed by atoms with Crippen molar-refractivity contribution in [2.75, 3.05) is 5.32 Å². The molecule has 2 aromatic carbocycles. The molecule has 4 aromatic rings. The summed E-state index contributed by atoms with van der Waals surface area (Å²) in [5, 5.41) is 8.51. The molecule has 2 heterocycles. The Morgan fingerprint density at radius 1 is 0.938 bits per heavy atom. The lowest BCUT2D eigenvalue weighted by molar-refractivity contribution is -0.116. The monoisotopic (exact) mass is 428 g/mol. The molecule has 164 valence electrons. The van der Waals surface area contributed by atoms with Crippen LogP contribution < -0.4 is 10.9 Å². The molecule has 0 saturated heterocycles. The van der Waals surface area contributed by atoms with Gasteiger partial charge in [-0.3, -0.25) is 14.2 Å². The Morgan fingerprint density at radius 3 is 2.12 bits per heavy atom. The normalized spacial score (nSPS) is 11.1. The fraction of sp³-hybridized carbons (Fsp3) is 0.269. The van der Waals surface area contributed by atoms with Crippen LogP contribution in [0.25, 0.3) is 16.7 Å². The molecule has 0 aliphatic rings. The van der Waals surface area contributed by atoms with Crippen molar-refractivity contribution < 1.29 is 4.79 Å². The summed E-state index contributed by atoms with van der Waals surface area (Å²) in [5.41, 5.74) is 6.08. The zero-order chi connectivity index (χ0) is 22.8. The van der Waals surface area contributed by atoms with Gasteiger partial charge in [0.15, 0.2) is 0 Å². The van der Waals surface area contributed by atoms with Gasteiger partial charge in [-0.25, -0.2) is 4.68 Å². The number of carbonyl (C=O) groups is 1. The van der Waals surface area contributed by atoms with Crippen LogP contribution in [0.15, 0.2) is 59.4 Å². The average molecular weight is 429 g/mol. The smallest absolute Gasteiger partial charge is 0.252 e. The van der Waals surface area contributed by atoms with Gasteiger partial charge in [0.1, 0.15) is 12.2 Å². The third-order valence-corrected chi connectivity index (χ3v) is 5.83. The number of fused-ring (bicyclic) bond motifs is 1. The van der Waals surface area contributed by atoms with E-state index >= 15 is 0 Å². The van der Waals surface area contributed by atoms with Crippen LogP contribution in [0.4, 0.5) is 5.69 Å². The van der Waals surface area contributed by atoms with Gasteiger partial charge in [-0.05, 0) is 67.6 Å². The summed E-state index contributed by atoms with van der Waals surface area (Å²) in [6.45, 7) is 7.93. The van der Waals surface area contributed by atoms with Gasteiger partial charge in [-0.2, -0.15) is 5.10 Å². The molecular formula is C26H28N4O2. The molecule has 0 aliphatic heterocycles. The van der Waals surface area contributed by atoms with Gasteiger partial charge in [0.05, 0.1) is 11.4 Å². The molecule has 32 heavy (non-hydrogen) atoms. The highest BCUT2D eigenvalue weighted by Gasteiger charge is 2.18. The number of amides is 1. The minimum atomic E-state index is -0.256. The maximum Gasteiger partial charge on any atom is 0.252 e. The summed E-state index contributed by atoms with van der Waals surface area (Å²) in [6.07, 6.45) is 1.88. The second-order valence-electron chi connectivity index (χ2n) is 8.07. The summed E-state index contributed by atoms with van der Waals surface area (Å²) in [6, 6.07) is 17.4. The number of anilines is 1. The molecule has 0 unspecified atom stereocenters. The highest BCUT2D eigenvalue weighted by Crippen LogP contribution is 2.24. The lowest BCUT2D eigenvalue weighted by Gasteiger charge is -2.13. The minimum absolute atomic E-state index is 0.0939. The number of hydrogen-bond donors (Lipinski definition) is 1. The standard InChI is InChI=1S/C26H28N4O2/c1-5-19-7-11-21(12-8-19)27-23(31)16-29-24(32)15-17(3)25-18(4)28-30(26(25)29)22-13-9-20(6-2)10-14-22/h7-15H,5-6,16H2,1-4H3,(H,27,31). The molecule has 0 atom stereocenters. The Labute approximate surface area is 187 Å². The van der Waals surface area contributed by atoms with Gasteiger partial charge in [0.25, 0.3) is 5.56 Å². The second kappa shape index (κ2) is 8.83. The fourth-order valence-corrected chi connectivity index (χ4v) is 4.04. The first-order valence-corrected chi connectivity index (χ1v) is 11.0. The van der Waals surface area contributed by atoms with Crippen molar-refractivity contribution in [3.63, 3.8) is 0 Å². The fourth-order valence-electron chi connectivity index (χ4n) is 4.04. The van der Waals surface area contributed by atoms with Crippen molar-refractivity contribution in [1.29, 1.82) is 0 Å². The van der Waals surface area contributed by atoms with Crippen LogP contribution >= 0.6 is 0 Å². The third kappa shape index (κ3) is 4.08. The Hall–Kier alpha value is -3.67. The van der Waals surface area contributed by atoms with E-state index in [4.69, 9.17) is 5.10 Å². The Kier molecular flexibility index (Phi) is 5.95. The van der Waals surface area contributed by atoms with Gasteiger partial charge >= 0.3 is 0 Å². The number of nitrogens with one attached hydrogen (secondary N) is 1. The molecular weight excluding hydrogens is 400 g/mol. The van der Waals surface area contributed by atoms with E-state index in [-0.39, 0.29) is 18.0 Å². The van der Waals surface area contributed by atoms with E-state index in [1.807, 2.05) is 50.2 Å². The second-order valence-corrected chi connectivity index (χ2v) is 8.07. The number of aryl methyl sites for hydroxylation is 4. The zero-order valence-corrected chi connectivity index (χ0v) is 19.0. The van der Waals surface area contributed by atoms with E-state index < -0.39 is 0 Å². The molecule has 1 amide bonds. The Balaban J connectivity index is 1.76. The largest absolute Gasteiger partial charge is 0.325 e. The number of rotatable bonds is 6. The minimum Gasteiger partial charge on any atom is -0.325 e. The molecule has 0 saturated carbocycles. The molecule has 4 rings (SSSR count). The van der Waals surface area contributed by atoms with Crippen LogP contribution in [-0.2, 0) is 24.2 Å². The first-order chi connectivity index (χ1) is 15.4. The molecule has 6 heteroatoms. The first kappa shape index (κ1) is 21.6. The Morgan fingerprint density at radius 2 is 1.53 bits per heavy atom. The van der Waals surface area contributed by atoms with E-state index in [1.54, 1.807) is 10.7 Å². The van der Waals surface area contributed by atoms with E-state index in [0.717, 1.165) is 35.2 Å². The average Bonchev–Trinajstić information content (AvgIpc) is 3.14. The van der Waals surface area contributed by atoms with E-state index in [1.165, 1.54) is 15.7 Å². The lowest BCUT2D eigenvalue weighted by atomic mass is 10.1. The topological polar surface area (TPSA) is 68.9 Å². The third-order valence-electron chi connectivity index (χ3n) is 5.83. The molecule has 0 fully saturated rings. The number of carbonyl (C=O) groups excluding carboxylic acids is 1. The quantitative estimate of drug-likeness (QED) is 0.489. The zero-order valence-electron chi connectivity index (χ0n) is 19.0. The van der Waals surface area contributed by atoms with Crippen molar-refractivity contribution in [2.24, 2.45) is 0 Å². The summed E-state index contributed by atoms with van der Waals surface area (Å²) >= 11 is 0. The molecule has 0 aliphatic carbocycles. The van der Waals surface area contributed by atoms with Crippen LogP contribution in [-0.4, -0.2) is 20.3 Å². The predicted molar refractivity (Wildman–Crippen MR) is 129 cm³/mol. The highest BCUT2D eigenvalue weighted by atomic mass is 16.2. The molecule has 0 radical (unpaired) electrons.